The van der Waals surface area contributed by atoms with Crippen molar-refractivity contribution in [2.45, 2.75) is 6.92 Å². The van der Waals surface area contributed by atoms with Crippen molar-refractivity contribution in [3.63, 3.8) is 0 Å². The van der Waals surface area contributed by atoms with E-state index in [0.29, 0.717) is 0 Å². The highest BCUT2D eigenvalue weighted by Gasteiger charge is 2.17. The first-order valence-electron chi connectivity index (χ1n) is 9.51. The Hall–Kier alpha value is -3.65. The van der Waals surface area contributed by atoms with Gasteiger partial charge in [-0.15, -0.1) is 0 Å². The number of nitrogens with zero attached hydrogens (tertiary/aromatic N) is 1. The molecule has 28 heavy (non-hydrogen) atoms. The average Bonchev–Trinajstić information content (AvgIpc) is 3.11. The molecule has 0 spiro atoms. The number of pyridine rings is 1. The highest BCUT2D eigenvalue weighted by atomic mass is 14.9. The van der Waals surface area contributed by atoms with E-state index < -0.39 is 0 Å². The largest absolute Gasteiger partial charge is 0.339 e. The summed E-state index contributed by atoms with van der Waals surface area (Å²) >= 11 is 0. The van der Waals surface area contributed by atoms with Crippen molar-refractivity contribution in [3.05, 3.63) is 103 Å². The van der Waals surface area contributed by atoms with Crippen LogP contribution in [-0.4, -0.2) is 9.97 Å². The van der Waals surface area contributed by atoms with E-state index in [2.05, 4.69) is 96.8 Å². The minimum absolute atomic E-state index is 0.927. The predicted molar refractivity (Wildman–Crippen MR) is 117 cm³/mol. The quantitative estimate of drug-likeness (QED) is 0.373. The highest BCUT2D eigenvalue weighted by Crippen LogP contribution is 2.37. The summed E-state index contributed by atoms with van der Waals surface area (Å²) in [6.45, 7) is 2.18. The Bertz CT molecular complexity index is 1240. The van der Waals surface area contributed by atoms with Crippen LogP contribution in [0.3, 0.4) is 0 Å². The molecule has 0 aliphatic heterocycles. The molecule has 0 aliphatic rings. The molecule has 2 nitrogen and oxygen atoms in total. The van der Waals surface area contributed by atoms with E-state index in [1.807, 2.05) is 12.1 Å². The molecule has 0 radical (unpaired) electrons. The lowest BCUT2D eigenvalue weighted by molar-refractivity contribution is 1.32. The SMILES string of the molecule is Cc1c(-c2ccccc2)[nH]c2nc(-c3ccccc3)cc(-c3ccccc3)c12. The number of rotatable bonds is 3. The Morgan fingerprint density at radius 3 is 1.79 bits per heavy atom. The second-order valence-corrected chi connectivity index (χ2v) is 7.00. The van der Waals surface area contributed by atoms with Crippen LogP contribution < -0.4 is 0 Å². The van der Waals surface area contributed by atoms with Crippen molar-refractivity contribution in [3.8, 4) is 33.6 Å². The number of H-pyrrole nitrogens is 1. The fraction of sp³-hybridized carbons (Fsp3) is 0.0385. The highest BCUT2D eigenvalue weighted by molar-refractivity contribution is 6.01. The van der Waals surface area contributed by atoms with Crippen LogP contribution in [0.2, 0.25) is 0 Å². The summed E-state index contributed by atoms with van der Waals surface area (Å²) in [5.74, 6) is 0. The molecule has 0 bridgehead atoms. The van der Waals surface area contributed by atoms with Crippen LogP contribution in [0.15, 0.2) is 97.1 Å². The van der Waals surface area contributed by atoms with Crippen LogP contribution in [0.5, 0.6) is 0 Å². The first-order chi connectivity index (χ1) is 13.8. The molecule has 2 heteroatoms. The van der Waals surface area contributed by atoms with Gasteiger partial charge in [-0.1, -0.05) is 91.0 Å². The number of hydrogen-bond acceptors (Lipinski definition) is 1. The van der Waals surface area contributed by atoms with Gasteiger partial charge in [0.15, 0.2) is 0 Å². The monoisotopic (exact) mass is 360 g/mol. The Labute approximate surface area is 164 Å². The molecule has 2 aromatic heterocycles. The number of aromatic nitrogens is 2. The zero-order valence-electron chi connectivity index (χ0n) is 15.7. The fourth-order valence-electron chi connectivity index (χ4n) is 3.85. The van der Waals surface area contributed by atoms with Gasteiger partial charge >= 0.3 is 0 Å². The molecule has 0 fully saturated rings. The first-order valence-corrected chi connectivity index (χ1v) is 9.51. The van der Waals surface area contributed by atoms with Gasteiger partial charge in [-0.3, -0.25) is 0 Å². The number of aromatic amines is 1. The Balaban J connectivity index is 1.83. The Kier molecular flexibility index (Phi) is 4.02. The van der Waals surface area contributed by atoms with Crippen molar-refractivity contribution in [1.29, 1.82) is 0 Å². The van der Waals surface area contributed by atoms with Crippen molar-refractivity contribution < 1.29 is 0 Å². The molecule has 5 aromatic rings. The van der Waals surface area contributed by atoms with Crippen LogP contribution in [0, 0.1) is 6.92 Å². The molecule has 5 rings (SSSR count). The number of benzene rings is 3. The molecular weight excluding hydrogens is 340 g/mol. The van der Waals surface area contributed by atoms with Gasteiger partial charge in [0.05, 0.1) is 11.4 Å². The first kappa shape index (κ1) is 16.5. The second-order valence-electron chi connectivity index (χ2n) is 7.00. The van der Waals surface area contributed by atoms with Crippen molar-refractivity contribution in [2.75, 3.05) is 0 Å². The molecule has 0 saturated carbocycles. The molecule has 2 heterocycles. The third kappa shape index (κ3) is 2.80. The van der Waals surface area contributed by atoms with Gasteiger partial charge in [-0.2, -0.15) is 0 Å². The molecule has 0 saturated heterocycles. The smallest absolute Gasteiger partial charge is 0.139 e. The van der Waals surface area contributed by atoms with E-state index in [9.17, 15) is 0 Å². The van der Waals surface area contributed by atoms with E-state index in [-0.39, 0.29) is 0 Å². The summed E-state index contributed by atoms with van der Waals surface area (Å²) in [7, 11) is 0. The van der Waals surface area contributed by atoms with Crippen LogP contribution in [0.1, 0.15) is 5.56 Å². The lowest BCUT2D eigenvalue weighted by Crippen LogP contribution is -1.89. The maximum atomic E-state index is 4.98. The van der Waals surface area contributed by atoms with Crippen molar-refractivity contribution in [1.82, 2.24) is 9.97 Å². The molecule has 0 amide bonds. The third-order valence-corrected chi connectivity index (χ3v) is 5.23. The predicted octanol–water partition coefficient (Wildman–Crippen LogP) is 6.87. The molecule has 0 unspecified atom stereocenters. The molecule has 0 aliphatic carbocycles. The summed E-state index contributed by atoms with van der Waals surface area (Å²) in [5.41, 5.74) is 8.98. The number of aryl methyl sites for hydroxylation is 1. The summed E-state index contributed by atoms with van der Waals surface area (Å²) in [4.78, 5) is 8.57. The lowest BCUT2D eigenvalue weighted by atomic mass is 9.97. The van der Waals surface area contributed by atoms with E-state index in [4.69, 9.17) is 4.98 Å². The van der Waals surface area contributed by atoms with Gasteiger partial charge in [0.2, 0.25) is 0 Å². The number of fused-ring (bicyclic) bond motifs is 1. The Morgan fingerprint density at radius 1 is 0.643 bits per heavy atom. The maximum absolute atomic E-state index is 4.98. The number of hydrogen-bond donors (Lipinski definition) is 1. The van der Waals surface area contributed by atoms with Gasteiger partial charge in [-0.25, -0.2) is 4.98 Å². The standard InChI is InChI=1S/C26H20N2/c1-18-24-22(19-11-5-2-6-12-19)17-23(20-13-7-3-8-14-20)27-26(24)28-25(18)21-15-9-4-10-16-21/h2-17H,1H3,(H,27,28). The van der Waals surface area contributed by atoms with Gasteiger partial charge in [0.25, 0.3) is 0 Å². The van der Waals surface area contributed by atoms with Crippen molar-refractivity contribution in [2.24, 2.45) is 0 Å². The Morgan fingerprint density at radius 2 is 1.18 bits per heavy atom. The van der Waals surface area contributed by atoms with E-state index in [0.717, 1.165) is 22.6 Å². The minimum Gasteiger partial charge on any atom is -0.339 e. The molecular formula is C26H20N2. The lowest BCUT2D eigenvalue weighted by Gasteiger charge is -2.09. The molecule has 3 aromatic carbocycles. The topological polar surface area (TPSA) is 28.7 Å². The molecule has 1 N–H and O–H groups in total. The van der Waals surface area contributed by atoms with Crippen LogP contribution >= 0.6 is 0 Å². The van der Waals surface area contributed by atoms with E-state index in [1.54, 1.807) is 0 Å². The van der Waals surface area contributed by atoms with Gasteiger partial charge in [0.1, 0.15) is 5.65 Å². The van der Waals surface area contributed by atoms with E-state index >= 15 is 0 Å². The summed E-state index contributed by atoms with van der Waals surface area (Å²) < 4.78 is 0. The van der Waals surface area contributed by atoms with Gasteiger partial charge in [0, 0.05) is 10.9 Å². The molecule has 0 atom stereocenters. The number of nitrogens with one attached hydrogen (secondary N) is 1. The van der Waals surface area contributed by atoms with Crippen molar-refractivity contribution >= 4 is 11.0 Å². The van der Waals surface area contributed by atoms with Crippen LogP contribution in [-0.2, 0) is 0 Å². The summed E-state index contributed by atoms with van der Waals surface area (Å²) in [6, 6.07) is 33.6. The fourth-order valence-corrected chi connectivity index (χ4v) is 3.85. The van der Waals surface area contributed by atoms with Gasteiger partial charge < -0.3 is 4.98 Å². The zero-order valence-corrected chi connectivity index (χ0v) is 15.7. The average molecular weight is 360 g/mol. The van der Waals surface area contributed by atoms with Gasteiger partial charge in [-0.05, 0) is 35.2 Å². The van der Waals surface area contributed by atoms with Crippen LogP contribution in [0.4, 0.5) is 0 Å². The summed E-state index contributed by atoms with van der Waals surface area (Å²) in [6.07, 6.45) is 0. The minimum atomic E-state index is 0.927. The van der Waals surface area contributed by atoms with E-state index in [1.165, 1.54) is 27.6 Å². The maximum Gasteiger partial charge on any atom is 0.139 e. The van der Waals surface area contributed by atoms with Crippen LogP contribution in [0.25, 0.3) is 44.7 Å². The second kappa shape index (κ2) is 6.82. The zero-order chi connectivity index (χ0) is 18.9. The normalized spacial score (nSPS) is 11.0. The third-order valence-electron chi connectivity index (χ3n) is 5.23. The summed E-state index contributed by atoms with van der Waals surface area (Å²) in [5, 5.41) is 1.18. The molecule has 134 valence electrons.